The summed E-state index contributed by atoms with van der Waals surface area (Å²) in [5.74, 6) is -2.65. The number of methoxy groups -OCH3 is 1. The average Bonchev–Trinajstić information content (AvgIpc) is 3.73. The van der Waals surface area contributed by atoms with E-state index >= 15 is 4.39 Å². The normalized spacial score (nSPS) is 24.6. The highest BCUT2D eigenvalue weighted by atomic mass is 35.5. The van der Waals surface area contributed by atoms with Gasteiger partial charge in [-0.2, -0.15) is 0 Å². The molecule has 2 fully saturated rings. The topological polar surface area (TPSA) is 134 Å². The first kappa shape index (κ1) is 30.1. The minimum atomic E-state index is -1.51. The molecule has 0 radical (unpaired) electrons. The van der Waals surface area contributed by atoms with Gasteiger partial charge in [0.2, 0.25) is 5.91 Å². The van der Waals surface area contributed by atoms with Gasteiger partial charge in [-0.25, -0.2) is 9.18 Å². The van der Waals surface area contributed by atoms with Crippen LogP contribution in [-0.4, -0.2) is 65.4 Å². The quantitative estimate of drug-likeness (QED) is 0.147. The maximum Gasteiger partial charge on any atom is 0.338 e. The van der Waals surface area contributed by atoms with Gasteiger partial charge in [-0.1, -0.05) is 41.4 Å². The highest BCUT2D eigenvalue weighted by molar-refractivity contribution is 6.31. The van der Waals surface area contributed by atoms with E-state index in [-0.39, 0.29) is 27.6 Å². The Morgan fingerprint density at radius 2 is 2.02 bits per heavy atom. The number of aliphatic imine (C=N–C) groups is 1. The van der Waals surface area contributed by atoms with E-state index in [1.807, 2.05) is 4.90 Å². The number of likely N-dealkylation sites (tertiary alicyclic amines) is 1. The molecular weight excluding hydrogens is 614 g/mol. The number of hydrogen-bond donors (Lipinski definition) is 2. The van der Waals surface area contributed by atoms with Gasteiger partial charge in [-0.05, 0) is 54.7 Å². The van der Waals surface area contributed by atoms with E-state index in [4.69, 9.17) is 32.9 Å². The Hall–Kier alpha value is -3.90. The van der Waals surface area contributed by atoms with E-state index in [0.29, 0.717) is 22.8 Å². The molecular formula is C31H27Cl2FN4O6. The number of aliphatic hydroxyl groups excluding tert-OH is 1. The summed E-state index contributed by atoms with van der Waals surface area (Å²) in [5, 5.41) is 26.0. The second-order valence-corrected chi connectivity index (χ2v) is 12.0. The van der Waals surface area contributed by atoms with Crippen molar-refractivity contribution >= 4 is 52.7 Å². The van der Waals surface area contributed by atoms with Gasteiger partial charge in [0.15, 0.2) is 0 Å². The van der Waals surface area contributed by atoms with Crippen molar-refractivity contribution in [2.24, 2.45) is 10.9 Å². The van der Waals surface area contributed by atoms with Crippen LogP contribution < -0.4 is 5.32 Å². The van der Waals surface area contributed by atoms with Crippen LogP contribution in [0, 0.1) is 21.8 Å². The van der Waals surface area contributed by atoms with Gasteiger partial charge >= 0.3 is 5.97 Å². The van der Waals surface area contributed by atoms with Gasteiger partial charge in [0, 0.05) is 41.0 Å². The third-order valence-electron chi connectivity index (χ3n) is 8.72. The molecule has 1 spiro atoms. The molecule has 6 rings (SSSR count). The molecule has 0 aromatic heterocycles. The van der Waals surface area contributed by atoms with Crippen LogP contribution in [0.1, 0.15) is 45.8 Å². The zero-order chi connectivity index (χ0) is 31.3. The van der Waals surface area contributed by atoms with Crippen LogP contribution in [0.25, 0.3) is 0 Å². The standard InChI is InChI=1S/C31H27Cl2FN4O6/c1-44-29(40)17-7-8-18(24(11-17)38(42)43)13-35-28-25(15-39)37(14-16-5-6-16)31(26(28)20-3-2-4-22(33)27(20)34)21-10-9-19(32)12-23(21)36-30(31)41/h2-4,7-13,16,25-26,28,39H,5-6,14-15H2,1H3,(H,36,41)/t25-,26-,28+,31+/m0/s1. The van der Waals surface area contributed by atoms with Crippen molar-refractivity contribution in [1.82, 2.24) is 4.90 Å². The van der Waals surface area contributed by atoms with Crippen LogP contribution in [0.4, 0.5) is 15.8 Å². The Morgan fingerprint density at radius 1 is 1.25 bits per heavy atom. The summed E-state index contributed by atoms with van der Waals surface area (Å²) in [5.41, 5.74) is -0.718. The summed E-state index contributed by atoms with van der Waals surface area (Å²) >= 11 is 12.6. The van der Waals surface area contributed by atoms with Gasteiger partial charge < -0.3 is 15.2 Å². The van der Waals surface area contributed by atoms with Crippen molar-refractivity contribution < 1.29 is 28.7 Å². The third kappa shape index (κ3) is 4.84. The summed E-state index contributed by atoms with van der Waals surface area (Å²) in [6.45, 7) is -0.00583. The molecule has 1 saturated heterocycles. The molecule has 1 aliphatic carbocycles. The number of carbonyl (C=O) groups is 2. The molecule has 3 aliphatic rings. The minimum absolute atomic E-state index is 0.0169. The summed E-state index contributed by atoms with van der Waals surface area (Å²) in [6.07, 6.45) is 3.14. The predicted octanol–water partition coefficient (Wildman–Crippen LogP) is 5.33. The maximum absolute atomic E-state index is 16.0. The minimum Gasteiger partial charge on any atom is -0.465 e. The molecule has 3 aromatic carbocycles. The number of esters is 1. The number of hydrogen-bond acceptors (Lipinski definition) is 8. The monoisotopic (exact) mass is 640 g/mol. The van der Waals surface area contributed by atoms with E-state index in [2.05, 4.69) is 5.32 Å². The van der Waals surface area contributed by atoms with Crippen LogP contribution in [-0.2, 0) is 15.1 Å². The van der Waals surface area contributed by atoms with Crippen LogP contribution in [0.3, 0.4) is 0 Å². The third-order valence-corrected chi connectivity index (χ3v) is 9.24. The molecule has 3 aromatic rings. The molecule has 228 valence electrons. The van der Waals surface area contributed by atoms with Crippen LogP contribution in [0.15, 0.2) is 59.6 Å². The fourth-order valence-corrected chi connectivity index (χ4v) is 6.98. The number of halogens is 3. The number of nitro benzene ring substituents is 1. The lowest BCUT2D eigenvalue weighted by atomic mass is 9.73. The number of nitrogens with zero attached hydrogens (tertiary/aromatic N) is 3. The molecule has 4 atom stereocenters. The molecule has 2 N–H and O–H groups in total. The van der Waals surface area contributed by atoms with Crippen LogP contribution >= 0.6 is 23.2 Å². The maximum atomic E-state index is 16.0. The number of benzene rings is 3. The number of aliphatic hydroxyl groups is 1. The summed E-state index contributed by atoms with van der Waals surface area (Å²) < 4.78 is 20.7. The first-order chi connectivity index (χ1) is 21.1. The largest absolute Gasteiger partial charge is 0.465 e. The number of nitrogens with one attached hydrogen (secondary N) is 1. The number of rotatable bonds is 8. The zero-order valence-corrected chi connectivity index (χ0v) is 24.9. The Balaban J connectivity index is 1.58. The van der Waals surface area contributed by atoms with E-state index in [1.165, 1.54) is 31.5 Å². The molecule has 0 unspecified atom stereocenters. The van der Waals surface area contributed by atoms with Crippen LogP contribution in [0.5, 0.6) is 0 Å². The van der Waals surface area contributed by atoms with E-state index < -0.39 is 58.5 Å². The lowest BCUT2D eigenvalue weighted by Gasteiger charge is -2.39. The van der Waals surface area contributed by atoms with Gasteiger partial charge in [0.25, 0.3) is 5.69 Å². The Bertz CT molecular complexity index is 1720. The second-order valence-electron chi connectivity index (χ2n) is 11.2. The van der Waals surface area contributed by atoms with Crippen molar-refractivity contribution in [3.05, 3.63) is 103 Å². The van der Waals surface area contributed by atoms with Gasteiger partial charge in [-0.3, -0.25) is 24.8 Å². The molecule has 2 aliphatic heterocycles. The van der Waals surface area contributed by atoms with Crippen molar-refractivity contribution in [2.45, 2.75) is 36.4 Å². The van der Waals surface area contributed by atoms with Crippen molar-refractivity contribution in [2.75, 3.05) is 25.6 Å². The van der Waals surface area contributed by atoms with E-state index in [1.54, 1.807) is 30.3 Å². The lowest BCUT2D eigenvalue weighted by molar-refractivity contribution is -0.385. The average molecular weight is 641 g/mol. The molecule has 13 heteroatoms. The number of amides is 1. The fourth-order valence-electron chi connectivity index (χ4n) is 6.62. The van der Waals surface area contributed by atoms with Crippen molar-refractivity contribution in [3.8, 4) is 0 Å². The number of ether oxygens (including phenoxy) is 1. The predicted molar refractivity (Wildman–Crippen MR) is 162 cm³/mol. The van der Waals surface area contributed by atoms with Gasteiger partial charge in [0.1, 0.15) is 11.4 Å². The smallest absolute Gasteiger partial charge is 0.338 e. The number of carbonyl (C=O) groups excluding carboxylic acids is 2. The fraction of sp³-hybridized carbons (Fsp3) is 0.323. The van der Waals surface area contributed by atoms with E-state index in [0.717, 1.165) is 18.9 Å². The first-order valence-corrected chi connectivity index (χ1v) is 14.7. The molecule has 44 heavy (non-hydrogen) atoms. The summed E-state index contributed by atoms with van der Waals surface area (Å²) in [6, 6.07) is 11.6. The number of nitro groups is 1. The van der Waals surface area contributed by atoms with Crippen molar-refractivity contribution in [1.29, 1.82) is 0 Å². The summed E-state index contributed by atoms with van der Waals surface area (Å²) in [7, 11) is 1.17. The van der Waals surface area contributed by atoms with Gasteiger partial charge in [0.05, 0.1) is 46.9 Å². The van der Waals surface area contributed by atoms with Crippen LogP contribution in [0.2, 0.25) is 10.0 Å². The molecule has 1 saturated carbocycles. The zero-order valence-electron chi connectivity index (χ0n) is 23.4. The van der Waals surface area contributed by atoms with E-state index in [9.17, 15) is 24.8 Å². The Morgan fingerprint density at radius 3 is 2.70 bits per heavy atom. The van der Waals surface area contributed by atoms with Crippen molar-refractivity contribution in [3.63, 3.8) is 0 Å². The molecule has 1 amide bonds. The number of anilines is 1. The Kier molecular flexibility index (Phi) is 7.91. The van der Waals surface area contributed by atoms with Gasteiger partial charge in [-0.15, -0.1) is 0 Å². The molecule has 0 bridgehead atoms. The first-order valence-electron chi connectivity index (χ1n) is 13.9. The lowest BCUT2D eigenvalue weighted by Crippen LogP contribution is -2.53. The Labute approximate surface area is 261 Å². The molecule has 2 heterocycles. The highest BCUT2D eigenvalue weighted by Gasteiger charge is 2.67. The highest BCUT2D eigenvalue weighted by Crippen LogP contribution is 2.59. The number of fused-ring (bicyclic) bond motifs is 2. The summed E-state index contributed by atoms with van der Waals surface area (Å²) in [4.78, 5) is 44.3. The SMILES string of the molecule is COC(=O)c1ccc(C=N[C@@H]2[C@H](CO)N(CC3CC3)[C@@]3(C(=O)Nc4cc(Cl)ccc43)[C@H]2c2cccc(Cl)c2F)c([N+](=O)[O-])c1. The molecule has 10 nitrogen and oxygen atoms in total. The second kappa shape index (κ2) is 11.6.